The molecule has 88 valence electrons. The van der Waals surface area contributed by atoms with Crippen LogP contribution in [0.2, 0.25) is 0 Å². The third-order valence-electron chi connectivity index (χ3n) is 3.57. The molecule has 1 aliphatic rings. The van der Waals surface area contributed by atoms with Gasteiger partial charge in [0.25, 0.3) is 0 Å². The average molecular weight is 219 g/mol. The Balaban J connectivity index is 2.24. The van der Waals surface area contributed by atoms with Gasteiger partial charge in [-0.25, -0.2) is 0 Å². The Labute approximate surface area is 98.0 Å². The first-order valence-electron chi connectivity index (χ1n) is 6.15. The van der Waals surface area contributed by atoms with Crippen LogP contribution < -0.4 is 5.32 Å². The number of benzene rings is 1. The first kappa shape index (κ1) is 11.6. The van der Waals surface area contributed by atoms with Gasteiger partial charge in [-0.05, 0) is 49.9 Å². The van der Waals surface area contributed by atoms with Crippen LogP contribution in [0.25, 0.3) is 0 Å². The molecule has 1 fully saturated rings. The van der Waals surface area contributed by atoms with Crippen LogP contribution in [0.3, 0.4) is 0 Å². The smallest absolute Gasteiger partial charge is 0.0795 e. The third-order valence-corrected chi connectivity index (χ3v) is 3.57. The summed E-state index contributed by atoms with van der Waals surface area (Å²) in [6.07, 6.45) is 2.69. The molecule has 2 nitrogen and oxygen atoms in total. The van der Waals surface area contributed by atoms with E-state index in [1.807, 2.05) is 0 Å². The summed E-state index contributed by atoms with van der Waals surface area (Å²) >= 11 is 0. The van der Waals surface area contributed by atoms with Crippen molar-refractivity contribution >= 4 is 0 Å². The molecule has 0 bridgehead atoms. The van der Waals surface area contributed by atoms with Crippen LogP contribution in [-0.4, -0.2) is 20.2 Å². The number of nitrogens with one attached hydrogen (secondary N) is 1. The van der Waals surface area contributed by atoms with Gasteiger partial charge in [0.15, 0.2) is 0 Å². The minimum atomic E-state index is 0.200. The van der Waals surface area contributed by atoms with E-state index in [0.717, 1.165) is 13.1 Å². The minimum Gasteiger partial charge on any atom is -0.377 e. The maximum Gasteiger partial charge on any atom is 0.0795 e. The Morgan fingerprint density at radius 3 is 2.62 bits per heavy atom. The number of methoxy groups -OCH3 is 1. The van der Waals surface area contributed by atoms with Gasteiger partial charge in [-0.1, -0.05) is 24.3 Å². The fourth-order valence-corrected chi connectivity index (χ4v) is 2.51. The van der Waals surface area contributed by atoms with E-state index in [0.29, 0.717) is 5.92 Å². The van der Waals surface area contributed by atoms with Crippen LogP contribution in [0, 0.1) is 0 Å². The van der Waals surface area contributed by atoms with Crippen LogP contribution in [0.5, 0.6) is 0 Å². The fourth-order valence-electron chi connectivity index (χ4n) is 2.51. The van der Waals surface area contributed by atoms with Gasteiger partial charge in [0.1, 0.15) is 0 Å². The zero-order valence-corrected chi connectivity index (χ0v) is 10.2. The van der Waals surface area contributed by atoms with Crippen molar-refractivity contribution in [3.63, 3.8) is 0 Å². The molecular weight excluding hydrogens is 198 g/mol. The largest absolute Gasteiger partial charge is 0.377 e. The molecule has 0 amide bonds. The zero-order valence-electron chi connectivity index (χ0n) is 10.2. The SMILES string of the molecule is COC(C)c1ccccc1C1CCNCC1. The lowest BCUT2D eigenvalue weighted by molar-refractivity contribution is 0.118. The quantitative estimate of drug-likeness (QED) is 0.844. The second kappa shape index (κ2) is 5.46. The van der Waals surface area contributed by atoms with E-state index in [2.05, 4.69) is 36.5 Å². The molecule has 0 spiro atoms. The normalized spacial score (nSPS) is 19.6. The molecule has 1 saturated heterocycles. The van der Waals surface area contributed by atoms with Crippen LogP contribution in [-0.2, 0) is 4.74 Å². The summed E-state index contributed by atoms with van der Waals surface area (Å²) in [5.74, 6) is 0.704. The average Bonchev–Trinajstić information content (AvgIpc) is 2.39. The van der Waals surface area contributed by atoms with Crippen LogP contribution in [0.15, 0.2) is 24.3 Å². The summed E-state index contributed by atoms with van der Waals surface area (Å²) in [4.78, 5) is 0. The summed E-state index contributed by atoms with van der Waals surface area (Å²) < 4.78 is 5.45. The Bertz CT molecular complexity index is 331. The standard InChI is InChI=1S/C14H21NO/c1-11(16-2)13-5-3-4-6-14(13)12-7-9-15-10-8-12/h3-6,11-12,15H,7-10H2,1-2H3. The Hall–Kier alpha value is -0.860. The molecule has 2 heteroatoms. The lowest BCUT2D eigenvalue weighted by Crippen LogP contribution is -2.27. The predicted molar refractivity (Wildman–Crippen MR) is 66.7 cm³/mol. The van der Waals surface area contributed by atoms with Gasteiger partial charge < -0.3 is 10.1 Å². The number of hydrogen-bond acceptors (Lipinski definition) is 2. The molecule has 0 saturated carbocycles. The van der Waals surface area contributed by atoms with Crippen LogP contribution in [0.1, 0.15) is 42.9 Å². The van der Waals surface area contributed by atoms with Crippen molar-refractivity contribution in [2.45, 2.75) is 31.8 Å². The van der Waals surface area contributed by atoms with Crippen molar-refractivity contribution < 1.29 is 4.74 Å². The second-order valence-electron chi connectivity index (χ2n) is 4.53. The first-order chi connectivity index (χ1) is 7.83. The number of hydrogen-bond donors (Lipinski definition) is 1. The summed E-state index contributed by atoms with van der Waals surface area (Å²) in [7, 11) is 1.78. The molecular formula is C14H21NO. The molecule has 1 atom stereocenters. The Morgan fingerprint density at radius 2 is 1.94 bits per heavy atom. The number of ether oxygens (including phenoxy) is 1. The van der Waals surface area contributed by atoms with E-state index < -0.39 is 0 Å². The van der Waals surface area contributed by atoms with E-state index >= 15 is 0 Å². The van der Waals surface area contributed by atoms with E-state index in [9.17, 15) is 0 Å². The zero-order chi connectivity index (χ0) is 11.4. The highest BCUT2D eigenvalue weighted by Crippen LogP contribution is 2.31. The molecule has 1 unspecified atom stereocenters. The lowest BCUT2D eigenvalue weighted by atomic mass is 9.86. The van der Waals surface area contributed by atoms with Crippen LogP contribution in [0.4, 0.5) is 0 Å². The molecule has 1 aromatic carbocycles. The van der Waals surface area contributed by atoms with Gasteiger partial charge in [0, 0.05) is 7.11 Å². The molecule has 1 N–H and O–H groups in total. The van der Waals surface area contributed by atoms with E-state index in [-0.39, 0.29) is 6.10 Å². The first-order valence-corrected chi connectivity index (χ1v) is 6.15. The van der Waals surface area contributed by atoms with Crippen LogP contribution >= 0.6 is 0 Å². The van der Waals surface area contributed by atoms with Gasteiger partial charge in [0.05, 0.1) is 6.10 Å². The third kappa shape index (κ3) is 2.45. The summed E-state index contributed by atoms with van der Waals surface area (Å²) in [5, 5.41) is 3.42. The molecule has 16 heavy (non-hydrogen) atoms. The van der Waals surface area contributed by atoms with Crippen molar-refractivity contribution in [1.82, 2.24) is 5.32 Å². The summed E-state index contributed by atoms with van der Waals surface area (Å²) in [6, 6.07) is 8.71. The molecule has 0 radical (unpaired) electrons. The Morgan fingerprint density at radius 1 is 1.25 bits per heavy atom. The Kier molecular flexibility index (Phi) is 3.97. The second-order valence-corrected chi connectivity index (χ2v) is 4.53. The number of rotatable bonds is 3. The number of piperidine rings is 1. The van der Waals surface area contributed by atoms with Crippen molar-refractivity contribution in [3.05, 3.63) is 35.4 Å². The van der Waals surface area contributed by atoms with Gasteiger partial charge in [0.2, 0.25) is 0 Å². The highest BCUT2D eigenvalue weighted by molar-refractivity contribution is 5.32. The monoisotopic (exact) mass is 219 g/mol. The minimum absolute atomic E-state index is 0.200. The van der Waals surface area contributed by atoms with Gasteiger partial charge in [-0.15, -0.1) is 0 Å². The van der Waals surface area contributed by atoms with Gasteiger partial charge >= 0.3 is 0 Å². The van der Waals surface area contributed by atoms with Crippen molar-refractivity contribution in [1.29, 1.82) is 0 Å². The summed E-state index contributed by atoms with van der Waals surface area (Å²) in [6.45, 7) is 4.40. The van der Waals surface area contributed by atoms with Gasteiger partial charge in [-0.2, -0.15) is 0 Å². The maximum atomic E-state index is 5.45. The highest BCUT2D eigenvalue weighted by atomic mass is 16.5. The van der Waals surface area contributed by atoms with Gasteiger partial charge in [-0.3, -0.25) is 0 Å². The molecule has 0 aliphatic carbocycles. The predicted octanol–water partition coefficient (Wildman–Crippen LogP) is 2.86. The summed E-state index contributed by atoms with van der Waals surface area (Å²) in [5.41, 5.74) is 2.84. The van der Waals surface area contributed by atoms with Crippen molar-refractivity contribution in [2.75, 3.05) is 20.2 Å². The molecule has 1 aliphatic heterocycles. The maximum absolute atomic E-state index is 5.45. The highest BCUT2D eigenvalue weighted by Gasteiger charge is 2.19. The van der Waals surface area contributed by atoms with Crippen molar-refractivity contribution in [3.8, 4) is 0 Å². The fraction of sp³-hybridized carbons (Fsp3) is 0.571. The molecule has 1 heterocycles. The van der Waals surface area contributed by atoms with Crippen molar-refractivity contribution in [2.24, 2.45) is 0 Å². The van der Waals surface area contributed by atoms with E-state index in [1.165, 1.54) is 24.0 Å². The van der Waals surface area contributed by atoms with E-state index in [1.54, 1.807) is 7.11 Å². The molecule has 1 aromatic rings. The van der Waals surface area contributed by atoms with E-state index in [4.69, 9.17) is 4.74 Å². The molecule has 0 aromatic heterocycles. The lowest BCUT2D eigenvalue weighted by Gasteiger charge is -2.26. The topological polar surface area (TPSA) is 21.3 Å². The molecule has 2 rings (SSSR count).